The molecule has 25 heavy (non-hydrogen) atoms. The number of terminal acetylenes is 1. The SMILES string of the molecule is C#Cc1cccc(NCc2ccccc2N2CCN(C(C)=O)CC2)c1. The Morgan fingerprint density at radius 1 is 1.12 bits per heavy atom. The van der Waals surface area contributed by atoms with Crippen molar-refractivity contribution in [2.24, 2.45) is 0 Å². The molecule has 4 heteroatoms. The second kappa shape index (κ2) is 7.76. The lowest BCUT2D eigenvalue weighted by atomic mass is 10.1. The smallest absolute Gasteiger partial charge is 0.219 e. The number of rotatable bonds is 4. The van der Waals surface area contributed by atoms with Crippen molar-refractivity contribution in [3.05, 3.63) is 59.7 Å². The number of nitrogens with zero attached hydrogens (tertiary/aromatic N) is 2. The number of hydrogen-bond donors (Lipinski definition) is 1. The van der Waals surface area contributed by atoms with Crippen LogP contribution in [0.5, 0.6) is 0 Å². The summed E-state index contributed by atoms with van der Waals surface area (Å²) in [5.41, 5.74) is 4.36. The zero-order valence-corrected chi connectivity index (χ0v) is 14.5. The molecule has 2 aromatic rings. The maximum atomic E-state index is 11.5. The molecule has 0 unspecified atom stereocenters. The number of piperazine rings is 1. The molecule has 0 aliphatic carbocycles. The third kappa shape index (κ3) is 4.13. The van der Waals surface area contributed by atoms with Gasteiger partial charge < -0.3 is 15.1 Å². The fourth-order valence-corrected chi connectivity index (χ4v) is 3.15. The van der Waals surface area contributed by atoms with Crippen molar-refractivity contribution in [1.82, 2.24) is 4.90 Å². The average Bonchev–Trinajstić information content (AvgIpc) is 2.67. The Hall–Kier alpha value is -2.93. The topological polar surface area (TPSA) is 35.6 Å². The molecule has 0 atom stereocenters. The predicted molar refractivity (Wildman–Crippen MR) is 103 cm³/mol. The van der Waals surface area contributed by atoms with Crippen LogP contribution in [0, 0.1) is 12.3 Å². The van der Waals surface area contributed by atoms with Crippen LogP contribution in [0.4, 0.5) is 11.4 Å². The minimum absolute atomic E-state index is 0.156. The number of nitrogens with one attached hydrogen (secondary N) is 1. The summed E-state index contributed by atoms with van der Waals surface area (Å²) >= 11 is 0. The molecular formula is C21H23N3O. The van der Waals surface area contributed by atoms with Gasteiger partial charge in [0.1, 0.15) is 0 Å². The molecule has 3 rings (SSSR count). The van der Waals surface area contributed by atoms with Gasteiger partial charge in [0.15, 0.2) is 0 Å². The van der Waals surface area contributed by atoms with Crippen molar-refractivity contribution in [3.63, 3.8) is 0 Å². The van der Waals surface area contributed by atoms with Crippen LogP contribution in [0.2, 0.25) is 0 Å². The minimum Gasteiger partial charge on any atom is -0.381 e. The van der Waals surface area contributed by atoms with E-state index in [0.717, 1.165) is 44.0 Å². The molecule has 1 aliphatic heterocycles. The fraction of sp³-hybridized carbons (Fsp3) is 0.286. The second-order valence-electron chi connectivity index (χ2n) is 6.20. The van der Waals surface area contributed by atoms with Crippen LogP contribution in [-0.4, -0.2) is 37.0 Å². The van der Waals surface area contributed by atoms with E-state index in [4.69, 9.17) is 6.42 Å². The zero-order valence-electron chi connectivity index (χ0n) is 14.5. The quantitative estimate of drug-likeness (QED) is 0.874. The summed E-state index contributed by atoms with van der Waals surface area (Å²) in [5, 5.41) is 3.46. The first-order valence-electron chi connectivity index (χ1n) is 8.56. The highest BCUT2D eigenvalue weighted by atomic mass is 16.2. The number of para-hydroxylation sites is 1. The molecule has 0 spiro atoms. The summed E-state index contributed by atoms with van der Waals surface area (Å²) in [6.45, 7) is 5.66. The van der Waals surface area contributed by atoms with Gasteiger partial charge in [-0.05, 0) is 29.8 Å². The van der Waals surface area contributed by atoms with Gasteiger partial charge in [-0.25, -0.2) is 0 Å². The molecule has 0 saturated carbocycles. The van der Waals surface area contributed by atoms with Crippen molar-refractivity contribution < 1.29 is 4.79 Å². The third-order valence-electron chi connectivity index (χ3n) is 4.57. The number of amides is 1. The standard InChI is InChI=1S/C21H23N3O/c1-3-18-7-6-9-20(15-18)22-16-19-8-4-5-10-21(19)24-13-11-23(12-14-24)17(2)25/h1,4-10,15,22H,11-14,16H2,2H3. The predicted octanol–water partition coefficient (Wildman–Crippen LogP) is 2.95. The lowest BCUT2D eigenvalue weighted by Gasteiger charge is -2.36. The van der Waals surface area contributed by atoms with E-state index in [1.165, 1.54) is 11.3 Å². The van der Waals surface area contributed by atoms with Crippen molar-refractivity contribution in [2.75, 3.05) is 36.4 Å². The molecule has 0 radical (unpaired) electrons. The van der Waals surface area contributed by atoms with Crippen molar-refractivity contribution in [2.45, 2.75) is 13.5 Å². The van der Waals surface area contributed by atoms with Crippen molar-refractivity contribution in [3.8, 4) is 12.3 Å². The first-order valence-corrected chi connectivity index (χ1v) is 8.56. The van der Waals surface area contributed by atoms with Gasteiger partial charge in [0, 0.05) is 56.6 Å². The molecule has 1 saturated heterocycles. The van der Waals surface area contributed by atoms with E-state index in [1.54, 1.807) is 6.92 Å². The van der Waals surface area contributed by atoms with E-state index in [0.29, 0.717) is 0 Å². The summed E-state index contributed by atoms with van der Waals surface area (Å²) in [6, 6.07) is 16.3. The van der Waals surface area contributed by atoms with E-state index in [9.17, 15) is 4.79 Å². The molecule has 1 fully saturated rings. The van der Waals surface area contributed by atoms with Crippen LogP contribution < -0.4 is 10.2 Å². The van der Waals surface area contributed by atoms with Crippen LogP contribution in [0.1, 0.15) is 18.1 Å². The first kappa shape index (κ1) is 16.9. The van der Waals surface area contributed by atoms with Crippen molar-refractivity contribution in [1.29, 1.82) is 0 Å². The van der Waals surface area contributed by atoms with Gasteiger partial charge in [-0.3, -0.25) is 4.79 Å². The highest BCUT2D eigenvalue weighted by Gasteiger charge is 2.20. The number of benzene rings is 2. The maximum absolute atomic E-state index is 11.5. The Morgan fingerprint density at radius 2 is 1.88 bits per heavy atom. The van der Waals surface area contributed by atoms with Crippen LogP contribution >= 0.6 is 0 Å². The van der Waals surface area contributed by atoms with Crippen LogP contribution in [0.15, 0.2) is 48.5 Å². The zero-order chi connectivity index (χ0) is 17.6. The van der Waals surface area contributed by atoms with Crippen LogP contribution in [0.3, 0.4) is 0 Å². The molecule has 4 nitrogen and oxygen atoms in total. The normalized spacial score (nSPS) is 14.1. The van der Waals surface area contributed by atoms with Crippen LogP contribution in [0.25, 0.3) is 0 Å². The van der Waals surface area contributed by atoms with Gasteiger partial charge in [-0.2, -0.15) is 0 Å². The minimum atomic E-state index is 0.156. The number of anilines is 2. The number of carbonyl (C=O) groups excluding carboxylic acids is 1. The Bertz CT molecular complexity index is 786. The third-order valence-corrected chi connectivity index (χ3v) is 4.57. The van der Waals surface area contributed by atoms with Crippen molar-refractivity contribution >= 4 is 17.3 Å². The molecular weight excluding hydrogens is 310 g/mol. The first-order chi connectivity index (χ1) is 12.2. The summed E-state index contributed by atoms with van der Waals surface area (Å²) in [5.74, 6) is 2.82. The average molecular weight is 333 g/mol. The highest BCUT2D eigenvalue weighted by molar-refractivity contribution is 5.73. The fourth-order valence-electron chi connectivity index (χ4n) is 3.15. The Kier molecular flexibility index (Phi) is 5.25. The number of hydrogen-bond acceptors (Lipinski definition) is 3. The molecule has 1 N–H and O–H groups in total. The second-order valence-corrected chi connectivity index (χ2v) is 6.20. The van der Waals surface area contributed by atoms with Gasteiger partial charge in [0.05, 0.1) is 0 Å². The van der Waals surface area contributed by atoms with E-state index >= 15 is 0 Å². The summed E-state index contributed by atoms with van der Waals surface area (Å²) < 4.78 is 0. The molecule has 1 heterocycles. The molecule has 1 aliphatic rings. The maximum Gasteiger partial charge on any atom is 0.219 e. The van der Waals surface area contributed by atoms with Gasteiger partial charge in [0.2, 0.25) is 5.91 Å². The van der Waals surface area contributed by atoms with E-state index < -0.39 is 0 Å². The van der Waals surface area contributed by atoms with E-state index in [1.807, 2.05) is 29.2 Å². The molecule has 0 bridgehead atoms. The Morgan fingerprint density at radius 3 is 2.60 bits per heavy atom. The lowest BCUT2D eigenvalue weighted by molar-refractivity contribution is -0.129. The van der Waals surface area contributed by atoms with E-state index in [2.05, 4.69) is 40.4 Å². The van der Waals surface area contributed by atoms with Gasteiger partial charge in [-0.1, -0.05) is 30.2 Å². The largest absolute Gasteiger partial charge is 0.381 e. The van der Waals surface area contributed by atoms with Crippen LogP contribution in [-0.2, 0) is 11.3 Å². The summed E-state index contributed by atoms with van der Waals surface area (Å²) in [7, 11) is 0. The van der Waals surface area contributed by atoms with Gasteiger partial charge in [0.25, 0.3) is 0 Å². The summed E-state index contributed by atoms with van der Waals surface area (Å²) in [4.78, 5) is 15.8. The Labute approximate surface area is 149 Å². The molecule has 0 aromatic heterocycles. The monoisotopic (exact) mass is 333 g/mol. The highest BCUT2D eigenvalue weighted by Crippen LogP contribution is 2.23. The summed E-state index contributed by atoms with van der Waals surface area (Å²) in [6.07, 6.45) is 5.47. The van der Waals surface area contributed by atoms with Gasteiger partial charge in [-0.15, -0.1) is 6.42 Å². The lowest BCUT2D eigenvalue weighted by Crippen LogP contribution is -2.48. The Balaban J connectivity index is 1.69. The molecule has 1 amide bonds. The number of carbonyl (C=O) groups is 1. The van der Waals surface area contributed by atoms with Gasteiger partial charge >= 0.3 is 0 Å². The molecule has 128 valence electrons. The van der Waals surface area contributed by atoms with E-state index in [-0.39, 0.29) is 5.91 Å². The molecule has 2 aromatic carbocycles.